The Bertz CT molecular complexity index is 1220. The first-order valence-corrected chi connectivity index (χ1v) is 10.8. The third kappa shape index (κ3) is 3.39. The van der Waals surface area contributed by atoms with Crippen molar-refractivity contribution in [3.05, 3.63) is 78.1 Å². The molecule has 148 valence electrons. The van der Waals surface area contributed by atoms with Crippen molar-refractivity contribution in [1.29, 1.82) is 5.26 Å². The average Bonchev–Trinajstić information content (AvgIpc) is 3.44. The van der Waals surface area contributed by atoms with Crippen LogP contribution in [0.15, 0.2) is 67.0 Å². The van der Waals surface area contributed by atoms with Crippen LogP contribution in [0.2, 0.25) is 0 Å². The van der Waals surface area contributed by atoms with Gasteiger partial charge in [0.2, 0.25) is 0 Å². The second-order valence-corrected chi connectivity index (χ2v) is 8.45. The molecule has 0 spiro atoms. The fraction of sp³-hybridized carbons (Fsp3) is 0.259. The molecule has 0 amide bonds. The second-order valence-electron chi connectivity index (χ2n) is 8.45. The van der Waals surface area contributed by atoms with Crippen LogP contribution < -0.4 is 0 Å². The lowest BCUT2D eigenvalue weighted by atomic mass is 9.95. The molecule has 3 nitrogen and oxygen atoms in total. The van der Waals surface area contributed by atoms with Gasteiger partial charge in [0.25, 0.3) is 0 Å². The van der Waals surface area contributed by atoms with Crippen molar-refractivity contribution < 1.29 is 0 Å². The summed E-state index contributed by atoms with van der Waals surface area (Å²) in [5, 5.41) is 10.4. The fourth-order valence-corrected chi connectivity index (χ4v) is 4.72. The van der Waals surface area contributed by atoms with Gasteiger partial charge in [0.05, 0.1) is 29.0 Å². The number of hydrogen-bond donors (Lipinski definition) is 0. The van der Waals surface area contributed by atoms with Gasteiger partial charge < -0.3 is 4.57 Å². The molecule has 0 unspecified atom stereocenters. The SMILES string of the molecule is Cc1ccc(-c2ncc3c(ccn3CC3CCCC3)c2-c2ccc(C#N)cc2)cc1. The van der Waals surface area contributed by atoms with E-state index in [9.17, 15) is 5.26 Å². The summed E-state index contributed by atoms with van der Waals surface area (Å²) in [6.45, 7) is 3.17. The van der Waals surface area contributed by atoms with Crippen LogP contribution in [0.5, 0.6) is 0 Å². The lowest BCUT2D eigenvalue weighted by Crippen LogP contribution is -2.06. The molecule has 4 aromatic rings. The molecule has 0 bridgehead atoms. The van der Waals surface area contributed by atoms with E-state index in [-0.39, 0.29) is 0 Å². The van der Waals surface area contributed by atoms with E-state index < -0.39 is 0 Å². The predicted molar refractivity (Wildman–Crippen MR) is 122 cm³/mol. The standard InChI is InChI=1S/C27H25N3/c1-19-6-10-23(11-7-19)27-26(22-12-8-20(16-28)9-13-22)24-14-15-30(25(24)17-29-27)18-21-4-2-3-5-21/h6-15,17,21H,2-5,18H2,1H3. The molecular formula is C27H25N3. The van der Waals surface area contributed by atoms with Crippen LogP contribution in [0.1, 0.15) is 36.8 Å². The van der Waals surface area contributed by atoms with Gasteiger partial charge >= 0.3 is 0 Å². The Morgan fingerprint density at radius 2 is 1.67 bits per heavy atom. The van der Waals surface area contributed by atoms with Gasteiger partial charge in [-0.05, 0) is 49.4 Å². The Hall–Kier alpha value is -3.38. The predicted octanol–water partition coefficient (Wildman–Crippen LogP) is 6.74. The van der Waals surface area contributed by atoms with E-state index in [0.29, 0.717) is 5.56 Å². The van der Waals surface area contributed by atoms with Gasteiger partial charge in [-0.2, -0.15) is 5.26 Å². The molecule has 1 aliphatic rings. The first kappa shape index (κ1) is 18.6. The summed E-state index contributed by atoms with van der Waals surface area (Å²) in [7, 11) is 0. The number of fused-ring (bicyclic) bond motifs is 1. The minimum absolute atomic E-state index is 0.676. The number of aromatic nitrogens is 2. The first-order valence-electron chi connectivity index (χ1n) is 10.8. The van der Waals surface area contributed by atoms with Crippen LogP contribution in [0.25, 0.3) is 33.3 Å². The molecule has 3 heteroatoms. The molecule has 2 heterocycles. The quantitative estimate of drug-likeness (QED) is 0.386. The third-order valence-corrected chi connectivity index (χ3v) is 6.39. The molecule has 5 rings (SSSR count). The number of rotatable bonds is 4. The van der Waals surface area contributed by atoms with Gasteiger partial charge in [-0.1, -0.05) is 54.8 Å². The molecule has 0 N–H and O–H groups in total. The molecule has 0 saturated heterocycles. The summed E-state index contributed by atoms with van der Waals surface area (Å²) < 4.78 is 2.38. The van der Waals surface area contributed by atoms with E-state index in [1.165, 1.54) is 42.1 Å². The van der Waals surface area contributed by atoms with Crippen LogP contribution in [0, 0.1) is 24.2 Å². The van der Waals surface area contributed by atoms with Crippen molar-refractivity contribution >= 4 is 10.9 Å². The molecule has 0 atom stereocenters. The van der Waals surface area contributed by atoms with Gasteiger partial charge in [-0.25, -0.2) is 0 Å². The lowest BCUT2D eigenvalue weighted by molar-refractivity contribution is 0.466. The van der Waals surface area contributed by atoms with Crippen molar-refractivity contribution in [2.45, 2.75) is 39.2 Å². The van der Waals surface area contributed by atoms with Gasteiger partial charge in [0.15, 0.2) is 0 Å². The smallest absolute Gasteiger partial charge is 0.0991 e. The molecule has 0 radical (unpaired) electrons. The van der Waals surface area contributed by atoms with Crippen LogP contribution >= 0.6 is 0 Å². The monoisotopic (exact) mass is 391 g/mol. The van der Waals surface area contributed by atoms with E-state index in [4.69, 9.17) is 4.98 Å². The zero-order valence-corrected chi connectivity index (χ0v) is 17.3. The maximum atomic E-state index is 9.20. The van der Waals surface area contributed by atoms with Gasteiger partial charge in [0.1, 0.15) is 0 Å². The largest absolute Gasteiger partial charge is 0.346 e. The molecule has 2 aromatic carbocycles. The molecular weight excluding hydrogens is 366 g/mol. The van der Waals surface area contributed by atoms with Crippen molar-refractivity contribution in [1.82, 2.24) is 9.55 Å². The summed E-state index contributed by atoms with van der Waals surface area (Å²) in [6, 6.07) is 20.9. The number of nitrogens with zero attached hydrogens (tertiary/aromatic N) is 3. The highest BCUT2D eigenvalue weighted by atomic mass is 15.0. The summed E-state index contributed by atoms with van der Waals surface area (Å²) in [5.41, 5.74) is 7.46. The van der Waals surface area contributed by atoms with E-state index >= 15 is 0 Å². The van der Waals surface area contributed by atoms with Gasteiger partial charge in [-0.3, -0.25) is 4.98 Å². The van der Waals surface area contributed by atoms with E-state index in [2.05, 4.69) is 54.1 Å². The average molecular weight is 392 g/mol. The summed E-state index contributed by atoms with van der Waals surface area (Å²) in [6.07, 6.45) is 9.63. The van der Waals surface area contributed by atoms with Gasteiger partial charge in [-0.15, -0.1) is 0 Å². The van der Waals surface area contributed by atoms with Crippen LogP contribution in [-0.4, -0.2) is 9.55 Å². The van der Waals surface area contributed by atoms with Crippen molar-refractivity contribution in [3.63, 3.8) is 0 Å². The number of aryl methyl sites for hydroxylation is 1. The molecule has 0 aliphatic heterocycles. The fourth-order valence-electron chi connectivity index (χ4n) is 4.72. The lowest BCUT2D eigenvalue weighted by Gasteiger charge is -2.14. The number of pyridine rings is 1. The summed E-state index contributed by atoms with van der Waals surface area (Å²) >= 11 is 0. The summed E-state index contributed by atoms with van der Waals surface area (Å²) in [4.78, 5) is 4.95. The van der Waals surface area contributed by atoms with Crippen molar-refractivity contribution in [2.24, 2.45) is 5.92 Å². The van der Waals surface area contributed by atoms with Crippen LogP contribution in [0.3, 0.4) is 0 Å². The molecule has 1 fully saturated rings. The summed E-state index contributed by atoms with van der Waals surface area (Å²) in [5.74, 6) is 0.774. The topological polar surface area (TPSA) is 41.6 Å². The number of nitriles is 1. The Balaban J connectivity index is 1.68. The second kappa shape index (κ2) is 7.80. The zero-order valence-electron chi connectivity index (χ0n) is 17.3. The zero-order chi connectivity index (χ0) is 20.5. The van der Waals surface area contributed by atoms with E-state index in [1.807, 2.05) is 30.5 Å². The molecule has 1 saturated carbocycles. The Kier molecular flexibility index (Phi) is 4.85. The number of benzene rings is 2. The maximum Gasteiger partial charge on any atom is 0.0991 e. The highest BCUT2D eigenvalue weighted by Crippen LogP contribution is 2.38. The third-order valence-electron chi connectivity index (χ3n) is 6.39. The molecule has 30 heavy (non-hydrogen) atoms. The van der Waals surface area contributed by atoms with Gasteiger partial charge in [0, 0.05) is 29.3 Å². The minimum Gasteiger partial charge on any atom is -0.346 e. The highest BCUT2D eigenvalue weighted by molar-refractivity contribution is 6.01. The van der Waals surface area contributed by atoms with Crippen LogP contribution in [-0.2, 0) is 6.54 Å². The normalized spacial score (nSPS) is 14.3. The highest BCUT2D eigenvalue weighted by Gasteiger charge is 2.19. The maximum absolute atomic E-state index is 9.20. The van der Waals surface area contributed by atoms with E-state index in [0.717, 1.165) is 34.8 Å². The molecule has 2 aromatic heterocycles. The van der Waals surface area contributed by atoms with Crippen LogP contribution in [0.4, 0.5) is 0 Å². The molecule has 1 aliphatic carbocycles. The first-order chi connectivity index (χ1) is 14.7. The van der Waals surface area contributed by atoms with Crippen molar-refractivity contribution in [2.75, 3.05) is 0 Å². The number of hydrogen-bond acceptors (Lipinski definition) is 2. The Morgan fingerprint density at radius 3 is 2.37 bits per heavy atom. The van der Waals surface area contributed by atoms with Crippen molar-refractivity contribution in [3.8, 4) is 28.5 Å². The van der Waals surface area contributed by atoms with E-state index in [1.54, 1.807) is 0 Å². The Labute approximate surface area is 177 Å². The minimum atomic E-state index is 0.676. The Morgan fingerprint density at radius 1 is 0.967 bits per heavy atom.